The van der Waals surface area contributed by atoms with Gasteiger partial charge in [-0.1, -0.05) is 6.07 Å². The first kappa shape index (κ1) is 22.0. The Morgan fingerprint density at radius 1 is 1.06 bits per heavy atom. The number of hydrogen-bond acceptors (Lipinski definition) is 5. The summed E-state index contributed by atoms with van der Waals surface area (Å²) in [5, 5.41) is 0. The number of anilines is 1. The van der Waals surface area contributed by atoms with Crippen molar-refractivity contribution in [1.82, 2.24) is 9.62 Å². The Labute approximate surface area is 186 Å². The predicted molar refractivity (Wildman–Crippen MR) is 118 cm³/mol. The van der Waals surface area contributed by atoms with E-state index in [2.05, 4.69) is 9.62 Å². The maximum absolute atomic E-state index is 13.2. The van der Waals surface area contributed by atoms with E-state index in [-0.39, 0.29) is 23.2 Å². The third-order valence-corrected chi connectivity index (χ3v) is 6.92. The standard InChI is InChI=1S/C23H24FN3O4S/c1-17-4-9-21(32(29,30)25-16-20-3-2-14-31-20)15-22(17)23(28)27-12-10-26(11-13-27)19-7-5-18(24)6-8-19/h2-9,14-15,25H,10-13,16H2,1H3. The summed E-state index contributed by atoms with van der Waals surface area (Å²) in [6, 6.07) is 14.2. The summed E-state index contributed by atoms with van der Waals surface area (Å²) in [4.78, 5) is 17.0. The number of sulfonamides is 1. The Morgan fingerprint density at radius 3 is 2.44 bits per heavy atom. The van der Waals surface area contributed by atoms with Crippen LogP contribution in [0, 0.1) is 12.7 Å². The van der Waals surface area contributed by atoms with Crippen LogP contribution in [0.4, 0.5) is 10.1 Å². The quantitative estimate of drug-likeness (QED) is 0.615. The molecule has 0 radical (unpaired) electrons. The summed E-state index contributed by atoms with van der Waals surface area (Å²) < 4.78 is 46.2. The van der Waals surface area contributed by atoms with E-state index in [1.54, 1.807) is 42.2 Å². The lowest BCUT2D eigenvalue weighted by molar-refractivity contribution is 0.0746. The second-order valence-corrected chi connectivity index (χ2v) is 9.40. The summed E-state index contributed by atoms with van der Waals surface area (Å²) in [6.07, 6.45) is 1.47. The van der Waals surface area contributed by atoms with E-state index in [1.807, 2.05) is 0 Å². The van der Waals surface area contributed by atoms with Gasteiger partial charge in [0.25, 0.3) is 5.91 Å². The molecule has 2 heterocycles. The second-order valence-electron chi connectivity index (χ2n) is 7.64. The molecule has 4 rings (SSSR count). The monoisotopic (exact) mass is 457 g/mol. The highest BCUT2D eigenvalue weighted by Gasteiger charge is 2.25. The van der Waals surface area contributed by atoms with E-state index in [0.717, 1.165) is 5.69 Å². The highest BCUT2D eigenvalue weighted by Crippen LogP contribution is 2.21. The lowest BCUT2D eigenvalue weighted by Gasteiger charge is -2.36. The average Bonchev–Trinajstić information content (AvgIpc) is 3.32. The molecule has 32 heavy (non-hydrogen) atoms. The van der Waals surface area contributed by atoms with Gasteiger partial charge in [-0.2, -0.15) is 0 Å². The van der Waals surface area contributed by atoms with Crippen LogP contribution in [-0.2, 0) is 16.6 Å². The molecule has 1 fully saturated rings. The zero-order chi connectivity index (χ0) is 22.7. The molecule has 0 saturated carbocycles. The first-order valence-electron chi connectivity index (χ1n) is 10.3. The fourth-order valence-corrected chi connectivity index (χ4v) is 4.67. The number of carbonyl (C=O) groups is 1. The SMILES string of the molecule is Cc1ccc(S(=O)(=O)NCc2ccco2)cc1C(=O)N1CCN(c2ccc(F)cc2)CC1. The highest BCUT2D eigenvalue weighted by molar-refractivity contribution is 7.89. The van der Waals surface area contributed by atoms with Crippen molar-refractivity contribution in [1.29, 1.82) is 0 Å². The summed E-state index contributed by atoms with van der Waals surface area (Å²) in [5.74, 6) is 0.00637. The van der Waals surface area contributed by atoms with Crippen LogP contribution in [-0.4, -0.2) is 45.4 Å². The first-order valence-corrected chi connectivity index (χ1v) is 11.7. The van der Waals surface area contributed by atoms with Gasteiger partial charge in [0.05, 0.1) is 17.7 Å². The molecule has 9 heteroatoms. The third kappa shape index (κ3) is 4.84. The van der Waals surface area contributed by atoms with Crippen molar-refractivity contribution in [2.24, 2.45) is 0 Å². The fraction of sp³-hybridized carbons (Fsp3) is 0.261. The minimum absolute atomic E-state index is 0.0256. The van der Waals surface area contributed by atoms with Crippen LogP contribution in [0.3, 0.4) is 0 Å². The molecule has 1 amide bonds. The number of rotatable bonds is 6. The summed E-state index contributed by atoms with van der Waals surface area (Å²) in [7, 11) is -3.81. The van der Waals surface area contributed by atoms with Crippen LogP contribution < -0.4 is 9.62 Å². The molecule has 2 aromatic carbocycles. The van der Waals surface area contributed by atoms with Gasteiger partial charge in [-0.05, 0) is 61.0 Å². The van der Waals surface area contributed by atoms with Gasteiger partial charge < -0.3 is 14.2 Å². The topological polar surface area (TPSA) is 82.9 Å². The highest BCUT2D eigenvalue weighted by atomic mass is 32.2. The number of aryl methyl sites for hydroxylation is 1. The van der Waals surface area contributed by atoms with E-state index < -0.39 is 10.0 Å². The molecule has 0 bridgehead atoms. The molecule has 3 aromatic rings. The van der Waals surface area contributed by atoms with E-state index in [1.165, 1.54) is 30.5 Å². The van der Waals surface area contributed by atoms with Crippen molar-refractivity contribution in [3.8, 4) is 0 Å². The van der Waals surface area contributed by atoms with Gasteiger partial charge >= 0.3 is 0 Å². The number of nitrogens with one attached hydrogen (secondary N) is 1. The van der Waals surface area contributed by atoms with Crippen molar-refractivity contribution in [2.75, 3.05) is 31.1 Å². The molecular formula is C23H24FN3O4S. The lowest BCUT2D eigenvalue weighted by Crippen LogP contribution is -2.49. The third-order valence-electron chi connectivity index (χ3n) is 5.52. The van der Waals surface area contributed by atoms with E-state index >= 15 is 0 Å². The number of carbonyl (C=O) groups excluding carboxylic acids is 1. The fourth-order valence-electron chi connectivity index (χ4n) is 3.65. The lowest BCUT2D eigenvalue weighted by atomic mass is 10.1. The number of amides is 1. The molecular weight excluding hydrogens is 433 g/mol. The summed E-state index contributed by atoms with van der Waals surface area (Å²) >= 11 is 0. The molecule has 0 aliphatic carbocycles. The van der Waals surface area contributed by atoms with Gasteiger partial charge in [-0.15, -0.1) is 0 Å². The molecule has 1 aromatic heterocycles. The summed E-state index contributed by atoms with van der Waals surface area (Å²) in [6.45, 7) is 4.01. The first-order chi connectivity index (χ1) is 15.3. The van der Waals surface area contributed by atoms with Gasteiger partial charge in [-0.25, -0.2) is 17.5 Å². The van der Waals surface area contributed by atoms with E-state index in [9.17, 15) is 17.6 Å². The Bertz CT molecular complexity index is 1190. The number of nitrogens with zero attached hydrogens (tertiary/aromatic N) is 2. The Kier molecular flexibility index (Phi) is 6.29. The molecule has 0 atom stereocenters. The van der Waals surface area contributed by atoms with Crippen LogP contribution in [0.1, 0.15) is 21.7 Å². The van der Waals surface area contributed by atoms with Crippen LogP contribution in [0.25, 0.3) is 0 Å². The molecule has 168 valence electrons. The van der Waals surface area contributed by atoms with Gasteiger partial charge in [0.15, 0.2) is 0 Å². The van der Waals surface area contributed by atoms with E-state index in [0.29, 0.717) is 43.1 Å². The number of halogens is 1. The zero-order valence-electron chi connectivity index (χ0n) is 17.6. The van der Waals surface area contributed by atoms with Crippen molar-refractivity contribution in [2.45, 2.75) is 18.4 Å². The minimum Gasteiger partial charge on any atom is -0.468 e. The normalized spacial score (nSPS) is 14.6. The Morgan fingerprint density at radius 2 is 1.78 bits per heavy atom. The molecule has 1 aliphatic heterocycles. The van der Waals surface area contributed by atoms with Gasteiger partial charge in [-0.3, -0.25) is 4.79 Å². The number of furan rings is 1. The molecule has 0 unspecified atom stereocenters. The summed E-state index contributed by atoms with van der Waals surface area (Å²) in [5.41, 5.74) is 1.98. The molecule has 1 saturated heterocycles. The number of benzene rings is 2. The molecule has 7 nitrogen and oxygen atoms in total. The maximum Gasteiger partial charge on any atom is 0.254 e. The number of piperazine rings is 1. The van der Waals surface area contributed by atoms with Crippen LogP contribution in [0.15, 0.2) is 70.2 Å². The average molecular weight is 458 g/mol. The maximum atomic E-state index is 13.2. The van der Waals surface area contributed by atoms with Gasteiger partial charge in [0, 0.05) is 37.4 Å². The van der Waals surface area contributed by atoms with Crippen molar-refractivity contribution < 1.29 is 22.0 Å². The molecule has 1 aliphatic rings. The number of hydrogen-bond donors (Lipinski definition) is 1. The zero-order valence-corrected chi connectivity index (χ0v) is 18.4. The Balaban J connectivity index is 1.45. The largest absolute Gasteiger partial charge is 0.468 e. The predicted octanol–water partition coefficient (Wildman–Crippen LogP) is 3.17. The minimum atomic E-state index is -3.81. The van der Waals surface area contributed by atoms with Gasteiger partial charge in [0.1, 0.15) is 11.6 Å². The molecule has 1 N–H and O–H groups in total. The molecule has 0 spiro atoms. The van der Waals surface area contributed by atoms with Crippen LogP contribution in [0.2, 0.25) is 0 Å². The van der Waals surface area contributed by atoms with Crippen molar-refractivity contribution in [3.63, 3.8) is 0 Å². The van der Waals surface area contributed by atoms with Crippen LogP contribution in [0.5, 0.6) is 0 Å². The van der Waals surface area contributed by atoms with E-state index in [4.69, 9.17) is 4.42 Å². The smallest absolute Gasteiger partial charge is 0.254 e. The Hall–Kier alpha value is -3.17. The van der Waals surface area contributed by atoms with Gasteiger partial charge in [0.2, 0.25) is 10.0 Å². The van der Waals surface area contributed by atoms with Crippen LogP contribution >= 0.6 is 0 Å². The van der Waals surface area contributed by atoms with Crippen molar-refractivity contribution >= 4 is 21.6 Å². The van der Waals surface area contributed by atoms with Crippen molar-refractivity contribution in [3.05, 3.63) is 83.6 Å². The second kappa shape index (κ2) is 9.13.